The van der Waals surface area contributed by atoms with Gasteiger partial charge in [0.15, 0.2) is 0 Å². The van der Waals surface area contributed by atoms with Crippen LogP contribution in [0.4, 0.5) is 0 Å². The van der Waals surface area contributed by atoms with Gasteiger partial charge in [-0.15, -0.1) is 0 Å². The molecule has 0 bridgehead atoms. The topological polar surface area (TPSA) is 24.8 Å². The van der Waals surface area contributed by atoms with E-state index < -0.39 is 0 Å². The Balaban J connectivity index is 1.90. The molecular weight excluding hydrogens is 236 g/mol. The van der Waals surface area contributed by atoms with Crippen molar-refractivity contribution < 1.29 is 9.69 Å². The van der Waals surface area contributed by atoms with Crippen molar-refractivity contribution in [3.8, 4) is 0 Å². The predicted octanol–water partition coefficient (Wildman–Crippen LogP) is 0.239. The van der Waals surface area contributed by atoms with Gasteiger partial charge in [-0.3, -0.25) is 4.79 Å². The lowest BCUT2D eigenvalue weighted by Crippen LogP contribution is -3.12. The van der Waals surface area contributed by atoms with E-state index in [9.17, 15) is 4.79 Å². The Hall–Kier alpha value is -1.06. The molecule has 0 atom stereocenters. The largest absolute Gasteiger partial charge is 0.334 e. The number of likely N-dealkylation sites (N-methyl/N-ethyl adjacent to an activating group) is 1. The minimum Gasteiger partial charge on any atom is -0.334 e. The van der Waals surface area contributed by atoms with Crippen molar-refractivity contribution in [1.29, 1.82) is 0 Å². The van der Waals surface area contributed by atoms with Crippen molar-refractivity contribution in [2.75, 3.05) is 33.2 Å². The molecule has 3 nitrogen and oxygen atoms in total. The van der Waals surface area contributed by atoms with E-state index in [1.807, 2.05) is 29.2 Å². The van der Waals surface area contributed by atoms with Gasteiger partial charge in [0.25, 0.3) is 0 Å². The molecule has 2 rings (SSSR count). The molecule has 1 fully saturated rings. The predicted molar refractivity (Wildman–Crippen MR) is 68.4 cm³/mol. The Morgan fingerprint density at radius 3 is 2.47 bits per heavy atom. The van der Waals surface area contributed by atoms with E-state index in [-0.39, 0.29) is 5.91 Å². The molecule has 1 N–H and O–H groups in total. The van der Waals surface area contributed by atoms with Crippen molar-refractivity contribution in [2.45, 2.75) is 6.42 Å². The number of rotatable bonds is 2. The first-order chi connectivity index (χ1) is 8.15. The zero-order valence-corrected chi connectivity index (χ0v) is 10.8. The van der Waals surface area contributed by atoms with Crippen molar-refractivity contribution in [3.63, 3.8) is 0 Å². The Morgan fingerprint density at radius 2 is 1.88 bits per heavy atom. The van der Waals surface area contributed by atoms with Gasteiger partial charge in [0.2, 0.25) is 5.91 Å². The molecule has 1 aliphatic heterocycles. The summed E-state index contributed by atoms with van der Waals surface area (Å²) in [5.41, 5.74) is 1.03. The number of nitrogens with one attached hydrogen (secondary N) is 1. The first kappa shape index (κ1) is 12.4. The maximum atomic E-state index is 12.0. The molecule has 0 aromatic heterocycles. The van der Waals surface area contributed by atoms with Crippen LogP contribution in [-0.4, -0.2) is 44.0 Å². The van der Waals surface area contributed by atoms with Gasteiger partial charge >= 0.3 is 0 Å². The smallest absolute Gasteiger partial charge is 0.227 e. The van der Waals surface area contributed by atoms with Crippen molar-refractivity contribution in [2.24, 2.45) is 0 Å². The summed E-state index contributed by atoms with van der Waals surface area (Å²) in [6, 6.07) is 7.50. The number of halogens is 1. The molecule has 1 amide bonds. The fourth-order valence-corrected chi connectivity index (χ4v) is 2.15. The Bertz CT molecular complexity index is 383. The molecule has 4 heteroatoms. The van der Waals surface area contributed by atoms with Crippen LogP contribution in [0.2, 0.25) is 5.02 Å². The van der Waals surface area contributed by atoms with Gasteiger partial charge in [-0.2, -0.15) is 0 Å². The second kappa shape index (κ2) is 5.52. The number of quaternary nitrogens is 1. The second-order valence-corrected chi connectivity index (χ2v) is 5.08. The van der Waals surface area contributed by atoms with Crippen LogP contribution in [0.25, 0.3) is 0 Å². The van der Waals surface area contributed by atoms with Crippen molar-refractivity contribution in [3.05, 3.63) is 34.9 Å². The summed E-state index contributed by atoms with van der Waals surface area (Å²) in [6.45, 7) is 3.84. The fraction of sp³-hybridized carbons (Fsp3) is 0.462. The molecule has 1 aromatic rings. The summed E-state index contributed by atoms with van der Waals surface area (Å²) in [5, 5.41) is 0.712. The van der Waals surface area contributed by atoms with Crippen LogP contribution < -0.4 is 4.90 Å². The lowest BCUT2D eigenvalue weighted by atomic mass is 10.1. The first-order valence-corrected chi connectivity index (χ1v) is 6.36. The van der Waals surface area contributed by atoms with Crippen LogP contribution in [-0.2, 0) is 11.2 Å². The second-order valence-electron chi connectivity index (χ2n) is 4.64. The summed E-state index contributed by atoms with van der Waals surface area (Å²) in [5.74, 6) is 0.222. The number of piperazine rings is 1. The first-order valence-electron chi connectivity index (χ1n) is 5.98. The highest BCUT2D eigenvalue weighted by Crippen LogP contribution is 2.10. The summed E-state index contributed by atoms with van der Waals surface area (Å²) in [7, 11) is 2.17. The van der Waals surface area contributed by atoms with Crippen LogP contribution in [0.15, 0.2) is 24.3 Å². The molecule has 17 heavy (non-hydrogen) atoms. The van der Waals surface area contributed by atoms with Gasteiger partial charge in [0.1, 0.15) is 0 Å². The van der Waals surface area contributed by atoms with Gasteiger partial charge in [0, 0.05) is 5.02 Å². The van der Waals surface area contributed by atoms with Gasteiger partial charge in [-0.25, -0.2) is 0 Å². The van der Waals surface area contributed by atoms with Crippen LogP contribution in [0.5, 0.6) is 0 Å². The van der Waals surface area contributed by atoms with Crippen LogP contribution in [0, 0.1) is 0 Å². The zero-order valence-electron chi connectivity index (χ0n) is 10.1. The summed E-state index contributed by atoms with van der Waals surface area (Å²) < 4.78 is 0. The molecule has 1 saturated heterocycles. The van der Waals surface area contributed by atoms with Gasteiger partial charge in [-0.1, -0.05) is 23.7 Å². The van der Waals surface area contributed by atoms with Gasteiger partial charge in [-0.05, 0) is 17.7 Å². The molecule has 1 heterocycles. The molecule has 0 aliphatic carbocycles. The maximum Gasteiger partial charge on any atom is 0.227 e. The number of amides is 1. The monoisotopic (exact) mass is 253 g/mol. The highest BCUT2D eigenvalue weighted by molar-refractivity contribution is 6.30. The molecule has 0 unspecified atom stereocenters. The Morgan fingerprint density at radius 1 is 1.29 bits per heavy atom. The highest BCUT2D eigenvalue weighted by atomic mass is 35.5. The van der Waals surface area contributed by atoms with Gasteiger partial charge < -0.3 is 9.80 Å². The third kappa shape index (κ3) is 3.45. The highest BCUT2D eigenvalue weighted by Gasteiger charge is 2.21. The van der Waals surface area contributed by atoms with E-state index in [1.54, 1.807) is 0 Å². The van der Waals surface area contributed by atoms with Crippen LogP contribution in [0.3, 0.4) is 0 Å². The Kier molecular flexibility index (Phi) is 4.02. The average Bonchev–Trinajstić information content (AvgIpc) is 2.33. The lowest BCUT2D eigenvalue weighted by molar-refractivity contribution is -0.883. The number of hydrogen-bond acceptors (Lipinski definition) is 1. The number of carbonyl (C=O) groups excluding carboxylic acids is 1. The molecule has 0 radical (unpaired) electrons. The van der Waals surface area contributed by atoms with E-state index in [1.165, 1.54) is 4.90 Å². The summed E-state index contributed by atoms with van der Waals surface area (Å²) >= 11 is 5.81. The molecule has 1 aliphatic rings. The van der Waals surface area contributed by atoms with E-state index in [4.69, 9.17) is 11.6 Å². The minimum atomic E-state index is 0.222. The SMILES string of the molecule is C[NH+]1CCN(C(=O)Cc2ccc(Cl)cc2)CC1. The minimum absolute atomic E-state index is 0.222. The standard InChI is InChI=1S/C13H17ClN2O/c1-15-6-8-16(9-7-15)13(17)10-11-2-4-12(14)5-3-11/h2-5H,6-10H2,1H3/p+1. The summed E-state index contributed by atoms with van der Waals surface area (Å²) in [6.07, 6.45) is 0.482. The fourth-order valence-electron chi connectivity index (χ4n) is 2.03. The number of carbonyl (C=O) groups is 1. The van der Waals surface area contributed by atoms with Crippen molar-refractivity contribution in [1.82, 2.24) is 4.90 Å². The van der Waals surface area contributed by atoms with E-state index in [0.29, 0.717) is 11.4 Å². The third-order valence-electron chi connectivity index (χ3n) is 3.24. The van der Waals surface area contributed by atoms with E-state index in [2.05, 4.69) is 7.05 Å². The maximum absolute atomic E-state index is 12.0. The lowest BCUT2D eigenvalue weighted by Gasteiger charge is -2.30. The molecule has 1 aromatic carbocycles. The van der Waals surface area contributed by atoms with Gasteiger partial charge in [0.05, 0.1) is 39.6 Å². The molecule has 92 valence electrons. The number of benzene rings is 1. The number of nitrogens with zero attached hydrogens (tertiary/aromatic N) is 1. The third-order valence-corrected chi connectivity index (χ3v) is 3.49. The van der Waals surface area contributed by atoms with Crippen molar-refractivity contribution >= 4 is 17.5 Å². The molecular formula is C13H18ClN2O+. The van der Waals surface area contributed by atoms with Crippen LogP contribution >= 0.6 is 11.6 Å². The quantitative estimate of drug-likeness (QED) is 0.803. The molecule has 0 saturated carbocycles. The van der Waals surface area contributed by atoms with E-state index >= 15 is 0 Å². The average molecular weight is 254 g/mol. The van der Waals surface area contributed by atoms with E-state index in [0.717, 1.165) is 31.7 Å². The number of hydrogen-bond donors (Lipinski definition) is 1. The Labute approximate surface area is 107 Å². The summed E-state index contributed by atoms with van der Waals surface area (Å²) in [4.78, 5) is 15.5. The zero-order chi connectivity index (χ0) is 12.3. The normalized spacial score (nSPS) is 17.2. The molecule has 0 spiro atoms. The van der Waals surface area contributed by atoms with Crippen LogP contribution in [0.1, 0.15) is 5.56 Å².